The van der Waals surface area contributed by atoms with Crippen LogP contribution in [0.15, 0.2) is 35.0 Å². The second kappa shape index (κ2) is 5.91. The van der Waals surface area contributed by atoms with E-state index in [1.54, 1.807) is 11.0 Å². The van der Waals surface area contributed by atoms with Crippen molar-refractivity contribution in [3.8, 4) is 0 Å². The number of hydrogen-bond donors (Lipinski definition) is 0. The van der Waals surface area contributed by atoms with Crippen LogP contribution < -0.4 is 4.90 Å². The van der Waals surface area contributed by atoms with Gasteiger partial charge >= 0.3 is 0 Å². The number of carbonyl (C=O) groups excluding carboxylic acids is 2. The van der Waals surface area contributed by atoms with E-state index >= 15 is 0 Å². The van der Waals surface area contributed by atoms with Crippen molar-refractivity contribution in [1.82, 2.24) is 4.90 Å². The van der Waals surface area contributed by atoms with Gasteiger partial charge in [-0.15, -0.1) is 0 Å². The van der Waals surface area contributed by atoms with Crippen molar-refractivity contribution in [3.05, 3.63) is 52.2 Å². The van der Waals surface area contributed by atoms with Crippen molar-refractivity contribution in [3.63, 3.8) is 0 Å². The molecule has 25 heavy (non-hydrogen) atoms. The third-order valence-electron chi connectivity index (χ3n) is 5.03. The predicted molar refractivity (Wildman–Crippen MR) is 90.6 cm³/mol. The third-order valence-corrected chi connectivity index (χ3v) is 5.71. The van der Waals surface area contributed by atoms with Crippen LogP contribution >= 0.6 is 11.3 Å². The molecule has 2 fully saturated rings. The van der Waals surface area contributed by atoms with Gasteiger partial charge in [0.15, 0.2) is 11.6 Å². The Labute approximate surface area is 147 Å². The number of hydrogen-bond acceptors (Lipinski definition) is 3. The third kappa shape index (κ3) is 2.82. The molecular formula is C18H16F2N2O2S. The van der Waals surface area contributed by atoms with Gasteiger partial charge in [-0.1, -0.05) is 0 Å². The van der Waals surface area contributed by atoms with Gasteiger partial charge in [-0.05, 0) is 30.0 Å². The summed E-state index contributed by atoms with van der Waals surface area (Å²) >= 11 is 1.48. The van der Waals surface area contributed by atoms with Crippen LogP contribution in [0.2, 0.25) is 0 Å². The predicted octanol–water partition coefficient (Wildman–Crippen LogP) is 3.30. The average molecular weight is 362 g/mol. The maximum Gasteiger partial charge on any atom is 0.254 e. The zero-order chi connectivity index (χ0) is 17.6. The lowest BCUT2D eigenvalue weighted by atomic mass is 9.86. The SMILES string of the molecule is O=C(c1ccsc1)N1CC[C@]2(CC(=O)N(c3ccc(F)c(F)c3)C2)C1. The lowest BCUT2D eigenvalue weighted by Crippen LogP contribution is -2.34. The summed E-state index contributed by atoms with van der Waals surface area (Å²) in [6.45, 7) is 1.53. The first kappa shape index (κ1) is 16.2. The summed E-state index contributed by atoms with van der Waals surface area (Å²) in [5.41, 5.74) is 0.723. The topological polar surface area (TPSA) is 40.6 Å². The number of benzene rings is 1. The van der Waals surface area contributed by atoms with Crippen molar-refractivity contribution >= 4 is 28.8 Å². The Kier molecular flexibility index (Phi) is 3.83. The molecule has 0 saturated carbocycles. The zero-order valence-electron chi connectivity index (χ0n) is 13.4. The molecule has 2 aliphatic heterocycles. The molecule has 0 radical (unpaired) electrons. The summed E-state index contributed by atoms with van der Waals surface area (Å²) in [5.74, 6) is -2.03. The molecule has 1 aromatic heterocycles. The minimum Gasteiger partial charge on any atom is -0.338 e. The van der Waals surface area contributed by atoms with Crippen LogP contribution in [-0.4, -0.2) is 36.3 Å². The number of halogens is 2. The van der Waals surface area contributed by atoms with Gasteiger partial charge in [0.05, 0.1) is 5.56 Å². The highest BCUT2D eigenvalue weighted by molar-refractivity contribution is 7.08. The standard InChI is InChI=1S/C18H16F2N2O2S/c19-14-2-1-13(7-15(14)20)22-11-18(8-16(22)23)4-5-21(10-18)17(24)12-3-6-25-9-12/h1-3,6-7,9H,4-5,8,10-11H2/t18-/m0/s1. The second-order valence-electron chi connectivity index (χ2n) is 6.74. The monoisotopic (exact) mass is 362 g/mol. The highest BCUT2D eigenvalue weighted by Crippen LogP contribution is 2.42. The first-order valence-corrected chi connectivity index (χ1v) is 8.99. The van der Waals surface area contributed by atoms with Gasteiger partial charge < -0.3 is 9.80 Å². The summed E-state index contributed by atoms with van der Waals surface area (Å²) in [4.78, 5) is 28.2. The molecule has 130 valence electrons. The minimum absolute atomic E-state index is 0.0168. The molecule has 4 rings (SSSR count). The van der Waals surface area contributed by atoms with Crippen molar-refractivity contribution in [2.75, 3.05) is 24.5 Å². The van der Waals surface area contributed by atoms with Crippen LogP contribution in [0, 0.1) is 17.0 Å². The molecule has 2 aromatic rings. The maximum absolute atomic E-state index is 13.5. The summed E-state index contributed by atoms with van der Waals surface area (Å²) < 4.78 is 26.6. The van der Waals surface area contributed by atoms with Gasteiger partial charge in [-0.25, -0.2) is 8.78 Å². The molecule has 0 unspecified atom stereocenters. The Morgan fingerprint density at radius 2 is 2.00 bits per heavy atom. The summed E-state index contributed by atoms with van der Waals surface area (Å²) in [6.07, 6.45) is 1.05. The van der Waals surface area contributed by atoms with Crippen molar-refractivity contribution < 1.29 is 18.4 Å². The van der Waals surface area contributed by atoms with E-state index in [-0.39, 0.29) is 17.2 Å². The molecule has 1 spiro atoms. The summed E-state index contributed by atoms with van der Waals surface area (Å²) in [5, 5.41) is 3.68. The maximum atomic E-state index is 13.5. The average Bonchev–Trinajstić information content (AvgIpc) is 3.31. The molecule has 2 aliphatic rings. The molecule has 2 amide bonds. The van der Waals surface area contributed by atoms with Gasteiger partial charge in [-0.3, -0.25) is 9.59 Å². The molecular weight excluding hydrogens is 346 g/mol. The fourth-order valence-corrected chi connectivity index (χ4v) is 4.36. The molecule has 1 aromatic carbocycles. The fourth-order valence-electron chi connectivity index (χ4n) is 3.73. The van der Waals surface area contributed by atoms with Crippen molar-refractivity contribution in [2.45, 2.75) is 12.8 Å². The Balaban J connectivity index is 1.52. The second-order valence-corrected chi connectivity index (χ2v) is 7.52. The first-order chi connectivity index (χ1) is 12.0. The van der Waals surface area contributed by atoms with Gasteiger partial charge in [0.25, 0.3) is 5.91 Å². The number of amides is 2. The minimum atomic E-state index is -0.966. The van der Waals surface area contributed by atoms with E-state index in [1.165, 1.54) is 22.3 Å². The Bertz CT molecular complexity index is 840. The van der Waals surface area contributed by atoms with Crippen LogP contribution in [0.25, 0.3) is 0 Å². The lowest BCUT2D eigenvalue weighted by molar-refractivity contribution is -0.117. The Morgan fingerprint density at radius 3 is 2.72 bits per heavy atom. The summed E-state index contributed by atoms with van der Waals surface area (Å²) in [7, 11) is 0. The van der Waals surface area contributed by atoms with Gasteiger partial charge in [-0.2, -0.15) is 11.3 Å². The van der Waals surface area contributed by atoms with Crippen LogP contribution in [-0.2, 0) is 4.79 Å². The molecule has 7 heteroatoms. The number of nitrogens with zero attached hydrogens (tertiary/aromatic N) is 2. The van der Waals surface area contributed by atoms with Gasteiger partial charge in [0.1, 0.15) is 0 Å². The molecule has 1 atom stereocenters. The largest absolute Gasteiger partial charge is 0.338 e. The quantitative estimate of drug-likeness (QED) is 0.823. The van der Waals surface area contributed by atoms with Gasteiger partial charge in [0.2, 0.25) is 5.91 Å². The van der Waals surface area contributed by atoms with Crippen LogP contribution in [0.3, 0.4) is 0 Å². The Morgan fingerprint density at radius 1 is 1.16 bits per heavy atom. The first-order valence-electron chi connectivity index (χ1n) is 8.04. The number of rotatable bonds is 2. The van der Waals surface area contributed by atoms with E-state index in [4.69, 9.17) is 0 Å². The van der Waals surface area contributed by atoms with E-state index < -0.39 is 11.6 Å². The molecule has 0 N–H and O–H groups in total. The molecule has 2 saturated heterocycles. The number of anilines is 1. The highest BCUT2D eigenvalue weighted by Gasteiger charge is 2.49. The van der Waals surface area contributed by atoms with E-state index in [0.717, 1.165) is 18.6 Å². The van der Waals surface area contributed by atoms with Crippen molar-refractivity contribution in [2.24, 2.45) is 5.41 Å². The molecule has 4 nitrogen and oxygen atoms in total. The zero-order valence-corrected chi connectivity index (χ0v) is 14.2. The van der Waals surface area contributed by atoms with Crippen LogP contribution in [0.4, 0.5) is 14.5 Å². The summed E-state index contributed by atoms with van der Waals surface area (Å²) in [6, 6.07) is 5.30. The number of carbonyl (C=O) groups is 2. The van der Waals surface area contributed by atoms with E-state index in [1.807, 2.05) is 10.8 Å². The van der Waals surface area contributed by atoms with Crippen LogP contribution in [0.1, 0.15) is 23.2 Å². The van der Waals surface area contributed by atoms with Crippen molar-refractivity contribution in [1.29, 1.82) is 0 Å². The number of thiophene rings is 1. The number of likely N-dealkylation sites (tertiary alicyclic amines) is 1. The van der Waals surface area contributed by atoms with E-state index in [0.29, 0.717) is 37.3 Å². The Hall–Kier alpha value is -2.28. The van der Waals surface area contributed by atoms with Gasteiger partial charge in [0, 0.05) is 48.6 Å². The van der Waals surface area contributed by atoms with E-state index in [9.17, 15) is 18.4 Å². The molecule has 0 aliphatic carbocycles. The fraction of sp³-hybridized carbons (Fsp3) is 0.333. The molecule has 3 heterocycles. The highest BCUT2D eigenvalue weighted by atomic mass is 32.1. The van der Waals surface area contributed by atoms with Crippen LogP contribution in [0.5, 0.6) is 0 Å². The normalized spacial score (nSPS) is 23.0. The smallest absolute Gasteiger partial charge is 0.254 e. The lowest BCUT2D eigenvalue weighted by Gasteiger charge is -2.24. The molecule has 0 bridgehead atoms. The van der Waals surface area contributed by atoms with E-state index in [2.05, 4.69) is 0 Å².